The van der Waals surface area contributed by atoms with E-state index in [9.17, 15) is 4.79 Å². The summed E-state index contributed by atoms with van der Waals surface area (Å²) in [5.41, 5.74) is 0. The Labute approximate surface area is 110 Å². The molecule has 0 aromatic heterocycles. The second-order valence-corrected chi connectivity index (χ2v) is 6.31. The summed E-state index contributed by atoms with van der Waals surface area (Å²) in [5, 5.41) is 0. The standard InChI is InChI=1S/C16H25NO/c18-16(12-9-13-5-2-1-3-6-13)17-14-7-4-8-15(17)11-10-14/h4,7,13-15H,1-3,5-6,8-12H2. The van der Waals surface area contributed by atoms with Gasteiger partial charge in [0.05, 0.1) is 6.04 Å². The fourth-order valence-electron chi connectivity index (χ4n) is 4.05. The van der Waals surface area contributed by atoms with Gasteiger partial charge in [-0.3, -0.25) is 4.79 Å². The number of amides is 1. The highest BCUT2D eigenvalue weighted by atomic mass is 16.2. The lowest BCUT2D eigenvalue weighted by molar-refractivity contribution is -0.133. The van der Waals surface area contributed by atoms with Crippen LogP contribution in [0.15, 0.2) is 12.2 Å². The Kier molecular flexibility index (Phi) is 3.72. The Bertz CT molecular complexity index is 330. The number of fused-ring (bicyclic) bond motifs is 2. The van der Waals surface area contributed by atoms with Gasteiger partial charge in [-0.05, 0) is 31.6 Å². The van der Waals surface area contributed by atoms with Gasteiger partial charge in [-0.25, -0.2) is 0 Å². The molecule has 2 heterocycles. The van der Waals surface area contributed by atoms with Crippen LogP contribution >= 0.6 is 0 Å². The van der Waals surface area contributed by atoms with Crippen molar-refractivity contribution in [3.8, 4) is 0 Å². The highest BCUT2D eigenvalue weighted by Crippen LogP contribution is 2.33. The van der Waals surface area contributed by atoms with Gasteiger partial charge < -0.3 is 4.90 Å². The molecule has 1 saturated heterocycles. The lowest BCUT2D eigenvalue weighted by Gasteiger charge is -2.32. The molecule has 0 spiro atoms. The first-order valence-corrected chi connectivity index (χ1v) is 7.82. The third-order valence-corrected chi connectivity index (χ3v) is 5.09. The van der Waals surface area contributed by atoms with E-state index >= 15 is 0 Å². The van der Waals surface area contributed by atoms with Gasteiger partial charge in [0.15, 0.2) is 0 Å². The molecule has 1 aliphatic carbocycles. The van der Waals surface area contributed by atoms with Gasteiger partial charge in [0.2, 0.25) is 5.91 Å². The fraction of sp³-hybridized carbons (Fsp3) is 0.812. The van der Waals surface area contributed by atoms with Crippen molar-refractivity contribution in [3.63, 3.8) is 0 Å². The minimum absolute atomic E-state index is 0.428. The second-order valence-electron chi connectivity index (χ2n) is 6.31. The van der Waals surface area contributed by atoms with Crippen LogP contribution in [0.5, 0.6) is 0 Å². The van der Waals surface area contributed by atoms with Crippen molar-refractivity contribution in [2.24, 2.45) is 5.92 Å². The first-order valence-electron chi connectivity index (χ1n) is 7.82. The Morgan fingerprint density at radius 2 is 1.94 bits per heavy atom. The maximum Gasteiger partial charge on any atom is 0.223 e. The maximum atomic E-state index is 12.4. The zero-order chi connectivity index (χ0) is 12.4. The normalized spacial score (nSPS) is 31.9. The van der Waals surface area contributed by atoms with Crippen molar-refractivity contribution >= 4 is 5.91 Å². The molecule has 0 aromatic carbocycles. The van der Waals surface area contributed by atoms with E-state index in [2.05, 4.69) is 17.1 Å². The van der Waals surface area contributed by atoms with E-state index in [0.29, 0.717) is 18.0 Å². The van der Waals surface area contributed by atoms with Crippen LogP contribution in [-0.4, -0.2) is 22.9 Å². The van der Waals surface area contributed by atoms with Gasteiger partial charge in [0, 0.05) is 12.5 Å². The molecule has 2 bridgehead atoms. The molecule has 2 unspecified atom stereocenters. The van der Waals surface area contributed by atoms with E-state index < -0.39 is 0 Å². The number of carbonyl (C=O) groups is 1. The van der Waals surface area contributed by atoms with Crippen molar-refractivity contribution in [2.75, 3.05) is 0 Å². The molecule has 2 aliphatic heterocycles. The first kappa shape index (κ1) is 12.3. The molecule has 1 saturated carbocycles. The van der Waals surface area contributed by atoms with E-state index in [1.165, 1.54) is 44.9 Å². The van der Waals surface area contributed by atoms with Crippen molar-refractivity contribution in [1.29, 1.82) is 0 Å². The van der Waals surface area contributed by atoms with Crippen LogP contribution in [0.2, 0.25) is 0 Å². The molecular formula is C16H25NO. The summed E-state index contributed by atoms with van der Waals surface area (Å²) in [7, 11) is 0. The van der Waals surface area contributed by atoms with E-state index in [1.54, 1.807) is 0 Å². The van der Waals surface area contributed by atoms with Gasteiger partial charge in [0.25, 0.3) is 0 Å². The van der Waals surface area contributed by atoms with E-state index in [1.807, 2.05) is 0 Å². The number of hydrogen-bond donors (Lipinski definition) is 0. The third-order valence-electron chi connectivity index (χ3n) is 5.09. The molecular weight excluding hydrogens is 222 g/mol. The van der Waals surface area contributed by atoms with Crippen molar-refractivity contribution in [1.82, 2.24) is 4.90 Å². The van der Waals surface area contributed by atoms with Crippen LogP contribution in [0, 0.1) is 5.92 Å². The molecule has 1 amide bonds. The van der Waals surface area contributed by atoms with Gasteiger partial charge in [-0.2, -0.15) is 0 Å². The Morgan fingerprint density at radius 1 is 1.11 bits per heavy atom. The molecule has 0 aromatic rings. The molecule has 3 rings (SSSR count). The van der Waals surface area contributed by atoms with Gasteiger partial charge >= 0.3 is 0 Å². The molecule has 3 aliphatic rings. The number of rotatable bonds is 3. The van der Waals surface area contributed by atoms with Crippen LogP contribution in [0.4, 0.5) is 0 Å². The SMILES string of the molecule is O=C(CCC1CCCCC1)N1C2C=CCC1CC2. The van der Waals surface area contributed by atoms with Crippen molar-refractivity contribution in [2.45, 2.75) is 76.3 Å². The fourth-order valence-corrected chi connectivity index (χ4v) is 4.05. The highest BCUT2D eigenvalue weighted by Gasteiger charge is 2.36. The summed E-state index contributed by atoms with van der Waals surface area (Å²) in [6, 6.07) is 0.960. The summed E-state index contributed by atoms with van der Waals surface area (Å²) in [6.45, 7) is 0. The largest absolute Gasteiger partial charge is 0.333 e. The summed E-state index contributed by atoms with van der Waals surface area (Å²) >= 11 is 0. The summed E-state index contributed by atoms with van der Waals surface area (Å²) < 4.78 is 0. The van der Waals surface area contributed by atoms with E-state index in [-0.39, 0.29) is 0 Å². The molecule has 2 fully saturated rings. The van der Waals surface area contributed by atoms with Crippen molar-refractivity contribution < 1.29 is 4.79 Å². The maximum absolute atomic E-state index is 12.4. The average Bonchev–Trinajstić information content (AvgIpc) is 2.67. The monoisotopic (exact) mass is 247 g/mol. The third kappa shape index (κ3) is 2.48. The van der Waals surface area contributed by atoms with E-state index in [0.717, 1.165) is 25.2 Å². The lowest BCUT2D eigenvalue weighted by Crippen LogP contribution is -2.42. The molecule has 2 atom stereocenters. The molecule has 0 radical (unpaired) electrons. The zero-order valence-electron chi connectivity index (χ0n) is 11.3. The Hall–Kier alpha value is -0.790. The van der Waals surface area contributed by atoms with Gasteiger partial charge in [-0.1, -0.05) is 44.3 Å². The molecule has 18 heavy (non-hydrogen) atoms. The van der Waals surface area contributed by atoms with Gasteiger partial charge in [-0.15, -0.1) is 0 Å². The minimum atomic E-state index is 0.428. The number of carbonyl (C=O) groups excluding carboxylic acids is 1. The van der Waals surface area contributed by atoms with Crippen LogP contribution < -0.4 is 0 Å². The first-order chi connectivity index (χ1) is 8.84. The molecule has 0 N–H and O–H groups in total. The second kappa shape index (κ2) is 5.46. The highest BCUT2D eigenvalue weighted by molar-refractivity contribution is 5.77. The van der Waals surface area contributed by atoms with Crippen molar-refractivity contribution in [3.05, 3.63) is 12.2 Å². The van der Waals surface area contributed by atoms with Crippen LogP contribution in [-0.2, 0) is 4.79 Å². The van der Waals surface area contributed by atoms with E-state index in [4.69, 9.17) is 0 Å². The summed E-state index contributed by atoms with van der Waals surface area (Å²) in [5.74, 6) is 1.26. The number of hydrogen-bond acceptors (Lipinski definition) is 1. The Balaban J connectivity index is 1.51. The van der Waals surface area contributed by atoms with Crippen LogP contribution in [0.1, 0.15) is 64.2 Å². The lowest BCUT2D eigenvalue weighted by atomic mass is 9.86. The predicted octanol–water partition coefficient (Wildman–Crippen LogP) is 3.67. The van der Waals surface area contributed by atoms with Crippen LogP contribution in [0.25, 0.3) is 0 Å². The topological polar surface area (TPSA) is 20.3 Å². The van der Waals surface area contributed by atoms with Gasteiger partial charge in [0.1, 0.15) is 0 Å². The molecule has 2 nitrogen and oxygen atoms in total. The molecule has 100 valence electrons. The van der Waals surface area contributed by atoms with Crippen LogP contribution in [0.3, 0.4) is 0 Å². The average molecular weight is 247 g/mol. The summed E-state index contributed by atoms with van der Waals surface area (Å²) in [4.78, 5) is 14.6. The smallest absolute Gasteiger partial charge is 0.223 e. The Morgan fingerprint density at radius 3 is 2.72 bits per heavy atom. The quantitative estimate of drug-likeness (QED) is 0.697. The minimum Gasteiger partial charge on any atom is -0.333 e. The summed E-state index contributed by atoms with van der Waals surface area (Å²) in [6.07, 6.45) is 16.9. The number of nitrogens with zero attached hydrogens (tertiary/aromatic N) is 1. The molecule has 2 heteroatoms. The predicted molar refractivity (Wildman–Crippen MR) is 73.2 cm³/mol. The zero-order valence-corrected chi connectivity index (χ0v) is 11.3.